The summed E-state index contributed by atoms with van der Waals surface area (Å²) >= 11 is 0. The fourth-order valence-electron chi connectivity index (χ4n) is 1.19. The van der Waals surface area contributed by atoms with Crippen molar-refractivity contribution in [2.24, 2.45) is 0 Å². The van der Waals surface area contributed by atoms with E-state index in [0.717, 1.165) is 0 Å². The molecular weight excluding hydrogens is 197 g/mol. The van der Waals surface area contributed by atoms with Crippen LogP contribution >= 0.6 is 0 Å². The number of ether oxygens (including phenoxy) is 1. The number of halogens is 1. The fraction of sp³-hybridized carbons (Fsp3) is 0.273. The molecule has 0 saturated heterocycles. The molecule has 0 fully saturated rings. The van der Waals surface area contributed by atoms with Crippen LogP contribution in [-0.4, -0.2) is 13.1 Å². The van der Waals surface area contributed by atoms with E-state index in [4.69, 9.17) is 6.57 Å². The topological polar surface area (TPSA) is 30.7 Å². The van der Waals surface area contributed by atoms with Gasteiger partial charge in [0.2, 0.25) is 0 Å². The third kappa shape index (κ3) is 3.06. The molecule has 0 N–H and O–H groups in total. The quantitative estimate of drug-likeness (QED) is 0.562. The number of methoxy groups -OCH3 is 1. The molecule has 0 amide bonds. The second-order valence-electron chi connectivity index (χ2n) is 2.98. The minimum atomic E-state index is -0.673. The Balaban J connectivity index is 2.84. The number of hydrogen-bond donors (Lipinski definition) is 0. The van der Waals surface area contributed by atoms with Crippen LogP contribution < -0.4 is 0 Å². The molecule has 0 radical (unpaired) electrons. The van der Waals surface area contributed by atoms with E-state index >= 15 is 0 Å². The van der Waals surface area contributed by atoms with Crippen molar-refractivity contribution in [3.63, 3.8) is 0 Å². The van der Waals surface area contributed by atoms with E-state index in [1.54, 1.807) is 6.07 Å². The van der Waals surface area contributed by atoms with Crippen molar-refractivity contribution >= 4 is 5.97 Å². The number of carbonyl (C=O) groups is 1. The summed E-state index contributed by atoms with van der Waals surface area (Å²) in [5.41, 5.74) is 0.496. The van der Waals surface area contributed by atoms with Gasteiger partial charge in [-0.3, -0.25) is 4.79 Å². The van der Waals surface area contributed by atoms with E-state index < -0.39 is 17.8 Å². The Morgan fingerprint density at radius 2 is 2.40 bits per heavy atom. The zero-order valence-electron chi connectivity index (χ0n) is 8.24. The van der Waals surface area contributed by atoms with E-state index in [2.05, 4.69) is 9.58 Å². The van der Waals surface area contributed by atoms with Gasteiger partial charge in [-0.25, -0.2) is 11.0 Å². The van der Waals surface area contributed by atoms with E-state index in [1.807, 2.05) is 0 Å². The summed E-state index contributed by atoms with van der Waals surface area (Å²) in [5.74, 6) is -0.883. The minimum absolute atomic E-state index is 0.0521. The first kappa shape index (κ1) is 11.2. The van der Waals surface area contributed by atoms with Gasteiger partial charge in [0.25, 0.3) is 6.04 Å². The molecule has 0 aliphatic rings. The van der Waals surface area contributed by atoms with Crippen LogP contribution in [0.25, 0.3) is 4.85 Å². The summed E-state index contributed by atoms with van der Waals surface area (Å²) in [7, 11) is 1.26. The zero-order valence-corrected chi connectivity index (χ0v) is 8.24. The summed E-state index contributed by atoms with van der Waals surface area (Å²) in [6.45, 7) is 6.93. The van der Waals surface area contributed by atoms with Gasteiger partial charge in [0.1, 0.15) is 12.2 Å². The van der Waals surface area contributed by atoms with Crippen LogP contribution in [0.2, 0.25) is 0 Å². The molecule has 0 aliphatic carbocycles. The lowest BCUT2D eigenvalue weighted by molar-refractivity contribution is -0.140. The predicted octanol–water partition coefficient (Wildman–Crippen LogP) is 2.35. The van der Waals surface area contributed by atoms with Crippen molar-refractivity contribution in [3.8, 4) is 0 Å². The van der Waals surface area contributed by atoms with E-state index in [0.29, 0.717) is 5.56 Å². The molecule has 1 rings (SSSR count). The Morgan fingerprint density at radius 1 is 1.67 bits per heavy atom. The average molecular weight is 207 g/mol. The van der Waals surface area contributed by atoms with Crippen LogP contribution in [0, 0.1) is 12.4 Å². The zero-order chi connectivity index (χ0) is 11.3. The van der Waals surface area contributed by atoms with Gasteiger partial charge >= 0.3 is 5.97 Å². The van der Waals surface area contributed by atoms with Crippen molar-refractivity contribution in [3.05, 3.63) is 47.1 Å². The number of hydrogen-bond acceptors (Lipinski definition) is 2. The monoisotopic (exact) mass is 207 g/mol. The summed E-state index contributed by atoms with van der Waals surface area (Å²) < 4.78 is 17.3. The Kier molecular flexibility index (Phi) is 3.81. The molecule has 0 heterocycles. The van der Waals surface area contributed by atoms with Crippen molar-refractivity contribution < 1.29 is 13.9 Å². The molecule has 78 valence electrons. The molecule has 0 aliphatic heterocycles. The van der Waals surface area contributed by atoms with Gasteiger partial charge in [0.05, 0.1) is 7.11 Å². The van der Waals surface area contributed by atoms with Crippen LogP contribution in [0.4, 0.5) is 4.39 Å². The highest BCUT2D eigenvalue weighted by Gasteiger charge is 2.21. The van der Waals surface area contributed by atoms with Gasteiger partial charge in [-0.15, -0.1) is 0 Å². The molecule has 4 heteroatoms. The van der Waals surface area contributed by atoms with E-state index in [-0.39, 0.29) is 6.42 Å². The number of rotatable bonds is 3. The highest BCUT2D eigenvalue weighted by molar-refractivity contribution is 5.70. The third-order valence-corrected chi connectivity index (χ3v) is 1.98. The molecular formula is C11H10FNO2. The summed E-state index contributed by atoms with van der Waals surface area (Å²) in [6, 6.07) is 5.01. The highest BCUT2D eigenvalue weighted by Crippen LogP contribution is 2.22. The standard InChI is InChI=1S/C11H10FNO2/c1-13-10(7-11(14)15-2)8-4-3-5-9(12)6-8/h3-6,10H,7H2,2H3. The van der Waals surface area contributed by atoms with Crippen molar-refractivity contribution in [1.29, 1.82) is 0 Å². The number of carbonyl (C=O) groups excluding carboxylic acids is 1. The fourth-order valence-corrected chi connectivity index (χ4v) is 1.19. The third-order valence-electron chi connectivity index (χ3n) is 1.98. The maximum atomic E-state index is 12.9. The molecule has 0 bridgehead atoms. The lowest BCUT2D eigenvalue weighted by Gasteiger charge is -2.04. The van der Waals surface area contributed by atoms with Gasteiger partial charge in [-0.05, 0) is 12.1 Å². The smallest absolute Gasteiger partial charge is 0.313 e. The molecule has 0 saturated carbocycles. The van der Waals surface area contributed by atoms with E-state index in [9.17, 15) is 9.18 Å². The molecule has 1 aromatic carbocycles. The van der Waals surface area contributed by atoms with Gasteiger partial charge in [-0.1, -0.05) is 12.1 Å². The average Bonchev–Trinajstić information content (AvgIpc) is 2.25. The number of esters is 1. The van der Waals surface area contributed by atoms with Crippen LogP contribution in [0.3, 0.4) is 0 Å². The lowest BCUT2D eigenvalue weighted by atomic mass is 10.0. The number of benzene rings is 1. The molecule has 0 aromatic heterocycles. The first-order chi connectivity index (χ1) is 7.17. The predicted molar refractivity (Wildman–Crippen MR) is 52.4 cm³/mol. The minimum Gasteiger partial charge on any atom is -0.469 e. The Bertz CT molecular complexity index is 398. The van der Waals surface area contributed by atoms with Gasteiger partial charge in [-0.2, -0.15) is 0 Å². The van der Waals surface area contributed by atoms with Crippen molar-refractivity contribution in [1.82, 2.24) is 0 Å². The normalized spacial score (nSPS) is 11.5. The van der Waals surface area contributed by atoms with Crippen LogP contribution in [0.5, 0.6) is 0 Å². The maximum absolute atomic E-state index is 12.9. The molecule has 1 atom stereocenters. The highest BCUT2D eigenvalue weighted by atomic mass is 19.1. The number of nitrogens with zero attached hydrogens (tertiary/aromatic N) is 1. The largest absolute Gasteiger partial charge is 0.469 e. The summed E-state index contributed by atoms with van der Waals surface area (Å²) in [4.78, 5) is 14.2. The summed E-state index contributed by atoms with van der Waals surface area (Å²) in [6.07, 6.45) is -0.0521. The molecule has 3 nitrogen and oxygen atoms in total. The first-order valence-corrected chi connectivity index (χ1v) is 4.36. The van der Waals surface area contributed by atoms with Crippen LogP contribution in [0.15, 0.2) is 24.3 Å². The van der Waals surface area contributed by atoms with E-state index in [1.165, 1.54) is 25.3 Å². The van der Waals surface area contributed by atoms with Crippen LogP contribution in [0.1, 0.15) is 18.0 Å². The van der Waals surface area contributed by atoms with Gasteiger partial charge in [0, 0.05) is 5.56 Å². The molecule has 0 spiro atoms. The van der Waals surface area contributed by atoms with Gasteiger partial charge < -0.3 is 9.58 Å². The molecule has 15 heavy (non-hydrogen) atoms. The van der Waals surface area contributed by atoms with Crippen molar-refractivity contribution in [2.75, 3.05) is 7.11 Å². The second kappa shape index (κ2) is 5.11. The lowest BCUT2D eigenvalue weighted by Crippen LogP contribution is -2.06. The Labute approximate surface area is 87.3 Å². The Morgan fingerprint density at radius 3 is 2.93 bits per heavy atom. The second-order valence-corrected chi connectivity index (χ2v) is 2.98. The first-order valence-electron chi connectivity index (χ1n) is 4.36. The van der Waals surface area contributed by atoms with Gasteiger partial charge in [0.15, 0.2) is 0 Å². The van der Waals surface area contributed by atoms with Crippen molar-refractivity contribution in [2.45, 2.75) is 12.5 Å². The molecule has 1 unspecified atom stereocenters. The Hall–Kier alpha value is -1.89. The maximum Gasteiger partial charge on any atom is 0.313 e. The SMILES string of the molecule is [C-]#[N+]C(CC(=O)OC)c1cccc(F)c1. The summed E-state index contributed by atoms with van der Waals surface area (Å²) in [5, 5.41) is 0. The molecule has 1 aromatic rings. The van der Waals surface area contributed by atoms with Crippen LogP contribution in [-0.2, 0) is 9.53 Å².